The molecule has 0 saturated carbocycles. The normalized spacial score (nSPS) is 12.4. The predicted octanol–water partition coefficient (Wildman–Crippen LogP) is 1.51. The van der Waals surface area contributed by atoms with Gasteiger partial charge in [-0.1, -0.05) is 6.92 Å². The predicted molar refractivity (Wildman–Crippen MR) is 80.2 cm³/mol. The Bertz CT molecular complexity index is 433. The molecule has 5 N–H and O–H groups in total. The number of anilines is 2. The van der Waals surface area contributed by atoms with Gasteiger partial charge >= 0.3 is 0 Å². The molecule has 5 heteroatoms. The monoisotopic (exact) mass is 264 g/mol. The molecule has 0 aromatic heterocycles. The number of carbonyl (C=O) groups excluding carboxylic acids is 1. The van der Waals surface area contributed by atoms with Gasteiger partial charge in [-0.3, -0.25) is 4.79 Å². The van der Waals surface area contributed by atoms with Crippen LogP contribution in [0.5, 0.6) is 0 Å². The minimum Gasteiger partial charge on any atom is -0.397 e. The van der Waals surface area contributed by atoms with E-state index in [2.05, 4.69) is 31.1 Å². The van der Waals surface area contributed by atoms with Gasteiger partial charge in [-0.2, -0.15) is 0 Å². The molecule has 0 radical (unpaired) electrons. The zero-order valence-corrected chi connectivity index (χ0v) is 11.9. The van der Waals surface area contributed by atoms with Crippen molar-refractivity contribution in [2.24, 2.45) is 5.73 Å². The number of nitrogens with one attached hydrogen (secondary N) is 1. The molecular formula is C14H24N4O. The number of nitrogen functional groups attached to an aromatic ring is 1. The maximum atomic E-state index is 11.1. The summed E-state index contributed by atoms with van der Waals surface area (Å²) in [5, 5.41) is 3.24. The average Bonchev–Trinajstić information content (AvgIpc) is 2.39. The Morgan fingerprint density at radius 2 is 2.16 bits per heavy atom. The highest BCUT2D eigenvalue weighted by molar-refractivity contribution is 5.94. The van der Waals surface area contributed by atoms with Crippen molar-refractivity contribution in [3.63, 3.8) is 0 Å². The largest absolute Gasteiger partial charge is 0.397 e. The maximum Gasteiger partial charge on any atom is 0.248 e. The van der Waals surface area contributed by atoms with E-state index in [1.807, 2.05) is 0 Å². The Hall–Kier alpha value is -1.75. The van der Waals surface area contributed by atoms with Crippen LogP contribution in [0.3, 0.4) is 0 Å². The SMILES string of the molecule is CCC(C)N(C)CCNc1cc(C(N)=O)ccc1N. The molecule has 1 aromatic carbocycles. The Morgan fingerprint density at radius 1 is 1.47 bits per heavy atom. The van der Waals surface area contributed by atoms with Crippen molar-refractivity contribution in [2.75, 3.05) is 31.2 Å². The average molecular weight is 264 g/mol. The van der Waals surface area contributed by atoms with Crippen LogP contribution in [0.15, 0.2) is 18.2 Å². The fourth-order valence-electron chi connectivity index (χ4n) is 1.76. The molecule has 106 valence electrons. The summed E-state index contributed by atoms with van der Waals surface area (Å²) in [7, 11) is 2.10. The van der Waals surface area contributed by atoms with E-state index in [1.165, 1.54) is 0 Å². The van der Waals surface area contributed by atoms with E-state index >= 15 is 0 Å². The van der Waals surface area contributed by atoms with Crippen LogP contribution in [0.25, 0.3) is 0 Å². The first-order valence-corrected chi connectivity index (χ1v) is 6.59. The maximum absolute atomic E-state index is 11.1. The fraction of sp³-hybridized carbons (Fsp3) is 0.500. The lowest BCUT2D eigenvalue weighted by molar-refractivity contribution is 0.100. The van der Waals surface area contributed by atoms with Crippen LogP contribution in [-0.4, -0.2) is 37.0 Å². The second-order valence-electron chi connectivity index (χ2n) is 4.83. The number of benzene rings is 1. The molecule has 0 aliphatic rings. The smallest absolute Gasteiger partial charge is 0.248 e. The summed E-state index contributed by atoms with van der Waals surface area (Å²) in [5.74, 6) is -0.445. The van der Waals surface area contributed by atoms with E-state index in [0.29, 0.717) is 17.3 Å². The molecule has 0 bridgehead atoms. The summed E-state index contributed by atoms with van der Waals surface area (Å²) >= 11 is 0. The Morgan fingerprint density at radius 3 is 2.74 bits per heavy atom. The van der Waals surface area contributed by atoms with E-state index in [1.54, 1.807) is 18.2 Å². The summed E-state index contributed by atoms with van der Waals surface area (Å²) in [4.78, 5) is 13.4. The number of hydrogen-bond acceptors (Lipinski definition) is 4. The number of hydrogen-bond donors (Lipinski definition) is 3. The molecule has 1 amide bonds. The van der Waals surface area contributed by atoms with Crippen molar-refractivity contribution in [1.29, 1.82) is 0 Å². The lowest BCUT2D eigenvalue weighted by Crippen LogP contribution is -2.32. The number of nitrogens with two attached hydrogens (primary N) is 2. The van der Waals surface area contributed by atoms with Crippen molar-refractivity contribution in [3.8, 4) is 0 Å². The van der Waals surface area contributed by atoms with Crippen LogP contribution >= 0.6 is 0 Å². The number of rotatable bonds is 7. The van der Waals surface area contributed by atoms with Gasteiger partial charge in [0.15, 0.2) is 0 Å². The van der Waals surface area contributed by atoms with Crippen LogP contribution in [0.2, 0.25) is 0 Å². The minimum absolute atomic E-state index is 0.445. The first kappa shape index (κ1) is 15.3. The molecule has 5 nitrogen and oxygen atoms in total. The number of nitrogens with zero attached hydrogens (tertiary/aromatic N) is 1. The lowest BCUT2D eigenvalue weighted by atomic mass is 10.1. The van der Waals surface area contributed by atoms with Gasteiger partial charge in [0.2, 0.25) is 5.91 Å². The minimum atomic E-state index is -0.445. The van der Waals surface area contributed by atoms with Crippen molar-refractivity contribution in [1.82, 2.24) is 4.90 Å². The first-order valence-electron chi connectivity index (χ1n) is 6.59. The molecule has 1 aromatic rings. The summed E-state index contributed by atoms with van der Waals surface area (Å²) in [6.07, 6.45) is 1.12. The topological polar surface area (TPSA) is 84.4 Å². The molecule has 0 spiro atoms. The number of likely N-dealkylation sites (N-methyl/N-ethyl adjacent to an activating group) is 1. The lowest BCUT2D eigenvalue weighted by Gasteiger charge is -2.23. The Labute approximate surface area is 115 Å². The molecular weight excluding hydrogens is 240 g/mol. The van der Waals surface area contributed by atoms with Gasteiger partial charge in [-0.25, -0.2) is 0 Å². The Balaban J connectivity index is 2.58. The van der Waals surface area contributed by atoms with Crippen molar-refractivity contribution in [3.05, 3.63) is 23.8 Å². The molecule has 1 unspecified atom stereocenters. The van der Waals surface area contributed by atoms with Crippen molar-refractivity contribution in [2.45, 2.75) is 26.3 Å². The van der Waals surface area contributed by atoms with Gasteiger partial charge in [0.25, 0.3) is 0 Å². The van der Waals surface area contributed by atoms with E-state index in [9.17, 15) is 4.79 Å². The molecule has 0 saturated heterocycles. The van der Waals surface area contributed by atoms with Crippen LogP contribution < -0.4 is 16.8 Å². The summed E-state index contributed by atoms with van der Waals surface area (Å²) < 4.78 is 0. The molecule has 0 aliphatic heterocycles. The van der Waals surface area contributed by atoms with Gasteiger partial charge in [0.1, 0.15) is 0 Å². The van der Waals surface area contributed by atoms with Crippen LogP contribution in [0.1, 0.15) is 30.6 Å². The zero-order chi connectivity index (χ0) is 14.4. The van der Waals surface area contributed by atoms with Crippen LogP contribution in [0, 0.1) is 0 Å². The van der Waals surface area contributed by atoms with Crippen molar-refractivity contribution >= 4 is 17.3 Å². The highest BCUT2D eigenvalue weighted by atomic mass is 16.1. The van der Waals surface area contributed by atoms with Crippen LogP contribution in [-0.2, 0) is 0 Å². The quantitative estimate of drug-likeness (QED) is 0.652. The summed E-state index contributed by atoms with van der Waals surface area (Å²) in [6.45, 7) is 6.05. The van der Waals surface area contributed by atoms with Gasteiger partial charge in [-0.15, -0.1) is 0 Å². The van der Waals surface area contributed by atoms with Gasteiger partial charge in [-0.05, 0) is 38.6 Å². The highest BCUT2D eigenvalue weighted by Crippen LogP contribution is 2.19. The molecule has 0 heterocycles. The van der Waals surface area contributed by atoms with E-state index in [0.717, 1.165) is 25.2 Å². The third kappa shape index (κ3) is 4.44. The zero-order valence-electron chi connectivity index (χ0n) is 11.9. The van der Waals surface area contributed by atoms with E-state index in [4.69, 9.17) is 11.5 Å². The summed E-state index contributed by atoms with van der Waals surface area (Å²) in [6, 6.07) is 5.58. The third-order valence-corrected chi connectivity index (χ3v) is 3.46. The van der Waals surface area contributed by atoms with E-state index in [-0.39, 0.29) is 0 Å². The standard InChI is InChI=1S/C14H24N4O/c1-4-10(2)18(3)8-7-17-13-9-11(14(16)19)5-6-12(13)15/h5-6,9-10,17H,4,7-8,15H2,1-3H3,(H2,16,19). The van der Waals surface area contributed by atoms with Gasteiger partial charge in [0.05, 0.1) is 11.4 Å². The summed E-state index contributed by atoms with van der Waals surface area (Å²) in [5.41, 5.74) is 13.0. The number of primary amides is 1. The molecule has 1 atom stereocenters. The molecule has 0 fully saturated rings. The third-order valence-electron chi connectivity index (χ3n) is 3.46. The second-order valence-corrected chi connectivity index (χ2v) is 4.83. The molecule has 19 heavy (non-hydrogen) atoms. The van der Waals surface area contributed by atoms with E-state index < -0.39 is 5.91 Å². The fourth-order valence-corrected chi connectivity index (χ4v) is 1.76. The number of carbonyl (C=O) groups is 1. The highest BCUT2D eigenvalue weighted by Gasteiger charge is 2.07. The van der Waals surface area contributed by atoms with Gasteiger partial charge in [0, 0.05) is 24.7 Å². The van der Waals surface area contributed by atoms with Gasteiger partial charge < -0.3 is 21.7 Å². The Kier molecular flexibility index (Phi) is 5.63. The number of amides is 1. The van der Waals surface area contributed by atoms with Crippen LogP contribution in [0.4, 0.5) is 11.4 Å². The molecule has 0 aliphatic carbocycles. The molecule has 1 rings (SSSR count). The first-order chi connectivity index (χ1) is 8.95. The second kappa shape index (κ2) is 6.99. The van der Waals surface area contributed by atoms with Crippen molar-refractivity contribution < 1.29 is 4.79 Å².